The minimum atomic E-state index is -3.74. The van der Waals surface area contributed by atoms with Crippen LogP contribution in [0.5, 0.6) is 0 Å². The molecule has 2 heterocycles. The summed E-state index contributed by atoms with van der Waals surface area (Å²) in [6.45, 7) is 2.85. The Kier molecular flexibility index (Phi) is 4.68. The van der Waals surface area contributed by atoms with Crippen LogP contribution in [0.2, 0.25) is 0 Å². The van der Waals surface area contributed by atoms with E-state index in [1.807, 2.05) is 18.2 Å². The van der Waals surface area contributed by atoms with Crippen molar-refractivity contribution in [1.29, 1.82) is 0 Å². The molecule has 4 rings (SSSR count). The number of sulfonamides is 1. The van der Waals surface area contributed by atoms with Crippen LogP contribution in [0, 0.1) is 17.0 Å². The van der Waals surface area contributed by atoms with Crippen molar-refractivity contribution in [1.82, 2.24) is 9.29 Å². The maximum atomic E-state index is 12.9. The van der Waals surface area contributed by atoms with Crippen molar-refractivity contribution in [2.75, 3.05) is 13.1 Å². The Labute approximate surface area is 163 Å². The number of nitro benzene ring substituents is 1. The molecule has 1 aliphatic heterocycles. The summed E-state index contributed by atoms with van der Waals surface area (Å²) in [6, 6.07) is 13.4. The van der Waals surface area contributed by atoms with E-state index < -0.39 is 14.9 Å². The zero-order chi connectivity index (χ0) is 19.9. The average Bonchev–Trinajstić information content (AvgIpc) is 3.04. The van der Waals surface area contributed by atoms with Crippen LogP contribution in [-0.2, 0) is 10.0 Å². The van der Waals surface area contributed by atoms with E-state index >= 15 is 0 Å². The van der Waals surface area contributed by atoms with Crippen LogP contribution in [0.3, 0.4) is 0 Å². The smallest absolute Gasteiger partial charge is 0.270 e. The van der Waals surface area contributed by atoms with Crippen LogP contribution in [0.1, 0.15) is 30.0 Å². The van der Waals surface area contributed by atoms with Crippen molar-refractivity contribution in [2.24, 2.45) is 0 Å². The molecule has 0 aliphatic carbocycles. The third kappa shape index (κ3) is 3.18. The average molecular weight is 399 g/mol. The van der Waals surface area contributed by atoms with Crippen LogP contribution in [-0.4, -0.2) is 35.7 Å². The molecule has 1 N–H and O–H groups in total. The SMILES string of the molecule is Cc1[nH]c2ccccc2c1C1CCN(S(=O)(=O)c2cccc([N+](=O)[O-])c2)CC1. The third-order valence-electron chi connectivity index (χ3n) is 5.47. The second kappa shape index (κ2) is 7.03. The second-order valence-electron chi connectivity index (χ2n) is 7.14. The number of para-hydroxylation sites is 1. The first-order valence-electron chi connectivity index (χ1n) is 9.20. The highest BCUT2D eigenvalue weighted by molar-refractivity contribution is 7.89. The monoisotopic (exact) mass is 399 g/mol. The molecule has 1 aromatic heterocycles. The Morgan fingerprint density at radius 3 is 2.54 bits per heavy atom. The normalized spacial score (nSPS) is 16.5. The molecule has 0 amide bonds. The molecule has 1 fully saturated rings. The first-order valence-corrected chi connectivity index (χ1v) is 10.6. The molecular formula is C20H21N3O4S. The molecule has 146 valence electrons. The Morgan fingerprint density at radius 1 is 1.11 bits per heavy atom. The molecule has 2 aromatic carbocycles. The quantitative estimate of drug-likeness (QED) is 0.531. The number of hydrogen-bond donors (Lipinski definition) is 1. The molecular weight excluding hydrogens is 378 g/mol. The highest BCUT2D eigenvalue weighted by Crippen LogP contribution is 2.37. The molecule has 8 heteroatoms. The number of rotatable bonds is 4. The van der Waals surface area contributed by atoms with E-state index in [-0.39, 0.29) is 16.5 Å². The number of non-ortho nitro benzene ring substituents is 1. The molecule has 0 spiro atoms. The largest absolute Gasteiger partial charge is 0.358 e. The number of aromatic amines is 1. The van der Waals surface area contributed by atoms with Crippen molar-refractivity contribution < 1.29 is 13.3 Å². The van der Waals surface area contributed by atoms with Gasteiger partial charge in [0.05, 0.1) is 9.82 Å². The number of nitro groups is 1. The fraction of sp³-hybridized carbons (Fsp3) is 0.300. The van der Waals surface area contributed by atoms with Crippen molar-refractivity contribution in [3.63, 3.8) is 0 Å². The van der Waals surface area contributed by atoms with Gasteiger partial charge >= 0.3 is 0 Å². The molecule has 0 saturated carbocycles. The molecule has 0 atom stereocenters. The number of piperidine rings is 1. The van der Waals surface area contributed by atoms with Gasteiger partial charge in [0.1, 0.15) is 0 Å². The van der Waals surface area contributed by atoms with Crippen molar-refractivity contribution in [3.05, 3.63) is 69.9 Å². The number of nitrogens with zero attached hydrogens (tertiary/aromatic N) is 2. The van der Waals surface area contributed by atoms with E-state index in [2.05, 4.69) is 18.0 Å². The molecule has 0 bridgehead atoms. The lowest BCUT2D eigenvalue weighted by atomic mass is 9.88. The summed E-state index contributed by atoms with van der Waals surface area (Å²) in [5.41, 5.74) is 3.27. The van der Waals surface area contributed by atoms with Crippen LogP contribution >= 0.6 is 0 Å². The summed E-state index contributed by atoms with van der Waals surface area (Å²) >= 11 is 0. The van der Waals surface area contributed by atoms with Crippen molar-refractivity contribution in [2.45, 2.75) is 30.6 Å². The number of fused-ring (bicyclic) bond motifs is 1. The van der Waals surface area contributed by atoms with Gasteiger partial charge in [0, 0.05) is 41.8 Å². The summed E-state index contributed by atoms with van der Waals surface area (Å²) in [5, 5.41) is 12.2. The van der Waals surface area contributed by atoms with Crippen LogP contribution < -0.4 is 0 Å². The lowest BCUT2D eigenvalue weighted by Crippen LogP contribution is -2.38. The Bertz CT molecular complexity index is 1150. The molecule has 7 nitrogen and oxygen atoms in total. The van der Waals surface area contributed by atoms with Gasteiger partial charge in [-0.3, -0.25) is 10.1 Å². The molecule has 0 radical (unpaired) electrons. The molecule has 0 unspecified atom stereocenters. The zero-order valence-electron chi connectivity index (χ0n) is 15.5. The minimum absolute atomic E-state index is 0.0246. The minimum Gasteiger partial charge on any atom is -0.358 e. The molecule has 3 aromatic rings. The number of aryl methyl sites for hydroxylation is 1. The Balaban J connectivity index is 1.56. The maximum absolute atomic E-state index is 12.9. The Hall–Kier alpha value is -2.71. The number of aromatic nitrogens is 1. The summed E-state index contributed by atoms with van der Waals surface area (Å²) < 4.78 is 27.3. The highest BCUT2D eigenvalue weighted by Gasteiger charge is 2.32. The standard InChI is InChI=1S/C20H21N3O4S/c1-14-20(18-7-2-3-8-19(18)21-14)15-9-11-22(12-10-15)28(26,27)17-6-4-5-16(13-17)23(24)25/h2-8,13,15,21H,9-12H2,1H3. The zero-order valence-corrected chi connectivity index (χ0v) is 16.3. The third-order valence-corrected chi connectivity index (χ3v) is 7.37. The summed E-state index contributed by atoms with van der Waals surface area (Å²) in [6.07, 6.45) is 1.44. The van der Waals surface area contributed by atoms with Gasteiger partial charge in [-0.05, 0) is 43.4 Å². The van der Waals surface area contributed by atoms with Gasteiger partial charge in [0.25, 0.3) is 5.69 Å². The summed E-state index contributed by atoms with van der Waals surface area (Å²) in [7, 11) is -3.74. The number of nitrogens with one attached hydrogen (secondary N) is 1. The van der Waals surface area contributed by atoms with E-state index in [4.69, 9.17) is 0 Å². The van der Waals surface area contributed by atoms with Gasteiger partial charge < -0.3 is 4.98 Å². The topological polar surface area (TPSA) is 96.3 Å². The first kappa shape index (κ1) is 18.6. The van der Waals surface area contributed by atoms with Crippen molar-refractivity contribution >= 4 is 26.6 Å². The van der Waals surface area contributed by atoms with E-state index in [9.17, 15) is 18.5 Å². The fourth-order valence-corrected chi connectivity index (χ4v) is 5.63. The Morgan fingerprint density at radius 2 is 1.82 bits per heavy atom. The van der Waals surface area contributed by atoms with Gasteiger partial charge in [-0.1, -0.05) is 24.3 Å². The van der Waals surface area contributed by atoms with Gasteiger partial charge in [0.2, 0.25) is 10.0 Å². The number of benzene rings is 2. The second-order valence-corrected chi connectivity index (χ2v) is 9.08. The fourth-order valence-electron chi connectivity index (χ4n) is 4.12. The van der Waals surface area contributed by atoms with E-state index in [0.29, 0.717) is 13.1 Å². The maximum Gasteiger partial charge on any atom is 0.270 e. The first-order chi connectivity index (χ1) is 13.4. The number of hydrogen-bond acceptors (Lipinski definition) is 4. The van der Waals surface area contributed by atoms with Gasteiger partial charge in [-0.15, -0.1) is 0 Å². The lowest BCUT2D eigenvalue weighted by Gasteiger charge is -2.31. The molecule has 1 saturated heterocycles. The summed E-state index contributed by atoms with van der Waals surface area (Å²) in [5.74, 6) is 0.285. The number of H-pyrrole nitrogens is 1. The lowest BCUT2D eigenvalue weighted by molar-refractivity contribution is -0.385. The van der Waals surface area contributed by atoms with E-state index in [0.717, 1.165) is 30.1 Å². The highest BCUT2D eigenvalue weighted by atomic mass is 32.2. The van der Waals surface area contributed by atoms with E-state index in [1.165, 1.54) is 33.5 Å². The van der Waals surface area contributed by atoms with Gasteiger partial charge in [-0.25, -0.2) is 8.42 Å². The predicted octanol–water partition coefficient (Wildman–Crippen LogP) is 3.95. The van der Waals surface area contributed by atoms with Gasteiger partial charge in [-0.2, -0.15) is 4.31 Å². The summed E-state index contributed by atoms with van der Waals surface area (Å²) in [4.78, 5) is 13.8. The van der Waals surface area contributed by atoms with Crippen LogP contribution in [0.15, 0.2) is 53.4 Å². The van der Waals surface area contributed by atoms with Gasteiger partial charge in [0.15, 0.2) is 0 Å². The van der Waals surface area contributed by atoms with E-state index in [1.54, 1.807) is 0 Å². The molecule has 28 heavy (non-hydrogen) atoms. The van der Waals surface area contributed by atoms with Crippen LogP contribution in [0.4, 0.5) is 5.69 Å². The van der Waals surface area contributed by atoms with Crippen LogP contribution in [0.25, 0.3) is 10.9 Å². The predicted molar refractivity (Wildman–Crippen MR) is 107 cm³/mol. The van der Waals surface area contributed by atoms with Crippen molar-refractivity contribution in [3.8, 4) is 0 Å². The molecule has 1 aliphatic rings.